The maximum atomic E-state index is 6.23. The Balaban J connectivity index is 1.82. The molecular weight excluding hydrogens is 254 g/mol. The monoisotopic (exact) mass is 291 g/mol. The van der Waals surface area contributed by atoms with Gasteiger partial charge in [0.1, 0.15) is 0 Å². The Morgan fingerprint density at radius 1 is 1.05 bits per heavy atom. The van der Waals surface area contributed by atoms with Crippen molar-refractivity contribution in [2.75, 3.05) is 6.54 Å². The molecule has 0 aromatic carbocycles. The molecule has 0 saturated heterocycles. The lowest BCUT2D eigenvalue weighted by Crippen LogP contribution is -2.55. The molecule has 2 N–H and O–H groups in total. The third-order valence-corrected chi connectivity index (χ3v) is 8.21. The summed E-state index contributed by atoms with van der Waals surface area (Å²) in [5.41, 5.74) is 7.25. The Bertz CT molecular complexity index is 376. The van der Waals surface area contributed by atoms with E-state index in [2.05, 4.69) is 27.7 Å². The van der Waals surface area contributed by atoms with Crippen LogP contribution in [0.5, 0.6) is 0 Å². The van der Waals surface area contributed by atoms with Crippen molar-refractivity contribution in [3.05, 3.63) is 0 Å². The van der Waals surface area contributed by atoms with Gasteiger partial charge in [0.15, 0.2) is 0 Å². The Labute approximate surface area is 132 Å². The molecule has 122 valence electrons. The molecule has 1 heteroatoms. The van der Waals surface area contributed by atoms with Gasteiger partial charge in [0.05, 0.1) is 0 Å². The molecule has 0 radical (unpaired) electrons. The minimum Gasteiger partial charge on any atom is -0.330 e. The highest BCUT2D eigenvalue weighted by atomic mass is 14.7. The first kappa shape index (κ1) is 15.8. The second-order valence-electron chi connectivity index (χ2n) is 9.53. The molecule has 0 heterocycles. The van der Waals surface area contributed by atoms with Crippen LogP contribution in [0.2, 0.25) is 0 Å². The fourth-order valence-electron chi connectivity index (χ4n) is 6.86. The van der Waals surface area contributed by atoms with Gasteiger partial charge in [-0.2, -0.15) is 0 Å². The van der Waals surface area contributed by atoms with Crippen molar-refractivity contribution in [1.29, 1.82) is 0 Å². The first-order valence-electron chi connectivity index (χ1n) is 9.61. The number of hydrogen-bond donors (Lipinski definition) is 1. The summed E-state index contributed by atoms with van der Waals surface area (Å²) in [7, 11) is 0. The zero-order valence-electron chi connectivity index (χ0n) is 14.8. The average Bonchev–Trinajstić information content (AvgIpc) is 2.46. The van der Waals surface area contributed by atoms with Gasteiger partial charge in [0.25, 0.3) is 0 Å². The van der Waals surface area contributed by atoms with Gasteiger partial charge >= 0.3 is 0 Å². The third-order valence-electron chi connectivity index (χ3n) is 8.21. The van der Waals surface area contributed by atoms with E-state index in [1.165, 1.54) is 51.4 Å². The summed E-state index contributed by atoms with van der Waals surface area (Å²) in [5.74, 6) is 4.79. The predicted molar refractivity (Wildman–Crippen MR) is 91.0 cm³/mol. The highest BCUT2D eigenvalue weighted by Gasteiger charge is 2.56. The molecule has 0 aliphatic heterocycles. The van der Waals surface area contributed by atoms with Crippen LogP contribution in [0, 0.1) is 40.4 Å². The fourth-order valence-corrected chi connectivity index (χ4v) is 6.86. The van der Waals surface area contributed by atoms with E-state index in [4.69, 9.17) is 5.73 Å². The minimum atomic E-state index is 0.423. The summed E-state index contributed by atoms with van der Waals surface area (Å²) < 4.78 is 0. The molecule has 3 saturated carbocycles. The SMILES string of the molecule is CC(C)[C@@H]1CC[C@@H]2[C@H](CC[C@H]3[C@](C)(CN)CCC[C@]23C)C1. The van der Waals surface area contributed by atoms with E-state index in [1.54, 1.807) is 0 Å². The van der Waals surface area contributed by atoms with Crippen molar-refractivity contribution < 1.29 is 0 Å². The maximum Gasteiger partial charge on any atom is -0.00203 e. The van der Waals surface area contributed by atoms with Gasteiger partial charge in [-0.15, -0.1) is 0 Å². The lowest BCUT2D eigenvalue weighted by molar-refractivity contribution is -0.119. The number of nitrogens with two attached hydrogens (primary N) is 1. The lowest BCUT2D eigenvalue weighted by Gasteiger charge is -2.62. The lowest BCUT2D eigenvalue weighted by atomic mass is 9.43. The molecule has 21 heavy (non-hydrogen) atoms. The van der Waals surface area contributed by atoms with Crippen molar-refractivity contribution in [3.8, 4) is 0 Å². The normalized spacial score (nSPS) is 50.6. The van der Waals surface area contributed by atoms with Gasteiger partial charge in [-0.25, -0.2) is 0 Å². The number of fused-ring (bicyclic) bond motifs is 3. The van der Waals surface area contributed by atoms with Crippen molar-refractivity contribution in [3.63, 3.8) is 0 Å². The zero-order valence-corrected chi connectivity index (χ0v) is 14.8. The van der Waals surface area contributed by atoms with Crippen LogP contribution in [-0.2, 0) is 0 Å². The Hall–Kier alpha value is -0.0400. The third kappa shape index (κ3) is 2.48. The van der Waals surface area contributed by atoms with Gasteiger partial charge in [-0.05, 0) is 91.9 Å². The van der Waals surface area contributed by atoms with Gasteiger partial charge < -0.3 is 5.73 Å². The van der Waals surface area contributed by atoms with Gasteiger partial charge in [0.2, 0.25) is 0 Å². The molecule has 6 atom stereocenters. The van der Waals surface area contributed by atoms with Crippen LogP contribution in [0.15, 0.2) is 0 Å². The molecule has 0 unspecified atom stereocenters. The summed E-state index contributed by atoms with van der Waals surface area (Å²) in [6.45, 7) is 10.9. The molecule has 3 aliphatic carbocycles. The van der Waals surface area contributed by atoms with Crippen LogP contribution in [0.3, 0.4) is 0 Å². The van der Waals surface area contributed by atoms with Crippen LogP contribution in [0.4, 0.5) is 0 Å². The standard InChI is InChI=1S/C20H37N/c1-14(2)15-6-8-17-16(12-15)7-9-18-19(3,13-21)10-5-11-20(17,18)4/h14-18H,5-13,21H2,1-4H3/t15-,16-,17-,18+,19+,20-/m1/s1. The van der Waals surface area contributed by atoms with E-state index in [1.807, 2.05) is 0 Å². The minimum absolute atomic E-state index is 0.423. The first-order chi connectivity index (χ1) is 9.90. The number of rotatable bonds is 2. The summed E-state index contributed by atoms with van der Waals surface area (Å²) in [4.78, 5) is 0. The largest absolute Gasteiger partial charge is 0.330 e. The molecular formula is C20H37N. The fraction of sp³-hybridized carbons (Fsp3) is 1.00. The van der Waals surface area contributed by atoms with Crippen molar-refractivity contribution >= 4 is 0 Å². The van der Waals surface area contributed by atoms with E-state index in [-0.39, 0.29) is 0 Å². The smallest absolute Gasteiger partial charge is 0.00203 e. The van der Waals surface area contributed by atoms with Gasteiger partial charge in [-0.3, -0.25) is 0 Å². The van der Waals surface area contributed by atoms with E-state index >= 15 is 0 Å². The first-order valence-corrected chi connectivity index (χ1v) is 9.61. The van der Waals surface area contributed by atoms with E-state index in [0.29, 0.717) is 10.8 Å². The molecule has 0 aromatic heterocycles. The molecule has 1 nitrogen and oxygen atoms in total. The van der Waals surface area contributed by atoms with Crippen molar-refractivity contribution in [1.82, 2.24) is 0 Å². The van der Waals surface area contributed by atoms with Crippen LogP contribution in [0.1, 0.15) is 79.1 Å². The van der Waals surface area contributed by atoms with Crippen LogP contribution < -0.4 is 5.73 Å². The van der Waals surface area contributed by atoms with E-state index < -0.39 is 0 Å². The molecule has 0 bridgehead atoms. The Morgan fingerprint density at radius 2 is 1.81 bits per heavy atom. The molecule has 0 amide bonds. The second kappa shape index (κ2) is 5.55. The summed E-state index contributed by atoms with van der Waals surface area (Å²) in [6, 6.07) is 0. The second-order valence-corrected chi connectivity index (χ2v) is 9.53. The summed E-state index contributed by atoms with van der Waals surface area (Å²) in [6.07, 6.45) is 11.7. The highest BCUT2D eigenvalue weighted by molar-refractivity contribution is 5.06. The average molecular weight is 292 g/mol. The van der Waals surface area contributed by atoms with Crippen LogP contribution in [0.25, 0.3) is 0 Å². The highest BCUT2D eigenvalue weighted by Crippen LogP contribution is 2.64. The molecule has 3 aliphatic rings. The molecule has 3 fully saturated rings. The van der Waals surface area contributed by atoms with Crippen LogP contribution >= 0.6 is 0 Å². The molecule has 0 aromatic rings. The van der Waals surface area contributed by atoms with Gasteiger partial charge in [0, 0.05) is 0 Å². The maximum absolute atomic E-state index is 6.23. The van der Waals surface area contributed by atoms with Gasteiger partial charge in [-0.1, -0.05) is 34.1 Å². The number of hydrogen-bond acceptors (Lipinski definition) is 1. The zero-order chi connectivity index (χ0) is 15.3. The van der Waals surface area contributed by atoms with Crippen molar-refractivity contribution in [2.45, 2.75) is 79.1 Å². The summed E-state index contributed by atoms with van der Waals surface area (Å²) in [5, 5.41) is 0. The molecule has 3 rings (SSSR count). The Kier molecular flexibility index (Phi) is 4.19. The molecule has 0 spiro atoms. The van der Waals surface area contributed by atoms with Crippen molar-refractivity contribution in [2.24, 2.45) is 46.2 Å². The summed E-state index contributed by atoms with van der Waals surface area (Å²) >= 11 is 0. The quantitative estimate of drug-likeness (QED) is 0.739. The Morgan fingerprint density at radius 3 is 2.48 bits per heavy atom. The van der Waals surface area contributed by atoms with Crippen LogP contribution in [-0.4, -0.2) is 6.54 Å². The predicted octanol–water partition coefficient (Wildman–Crippen LogP) is 5.24. The topological polar surface area (TPSA) is 26.0 Å². The van der Waals surface area contributed by atoms with E-state index in [9.17, 15) is 0 Å². The van der Waals surface area contributed by atoms with E-state index in [0.717, 1.165) is 36.1 Å².